The van der Waals surface area contributed by atoms with Gasteiger partial charge in [-0.2, -0.15) is 0 Å². The number of aromatic nitrogens is 1. The second kappa shape index (κ2) is 5.86. The summed E-state index contributed by atoms with van der Waals surface area (Å²) in [4.78, 5) is 18.0. The maximum absolute atomic E-state index is 11.8. The number of pyridine rings is 1. The van der Waals surface area contributed by atoms with E-state index in [0.717, 1.165) is 16.5 Å². The van der Waals surface area contributed by atoms with Gasteiger partial charge in [-0.3, -0.25) is 9.78 Å². The Hall–Kier alpha value is -1.87. The Balaban J connectivity index is 1.97. The predicted octanol–water partition coefficient (Wildman–Crippen LogP) is 3.83. The molecule has 2 aromatic rings. The van der Waals surface area contributed by atoms with Crippen molar-refractivity contribution in [3.63, 3.8) is 0 Å². The molecule has 1 aromatic carbocycles. The van der Waals surface area contributed by atoms with Crippen molar-refractivity contribution in [1.29, 1.82) is 0 Å². The maximum Gasteiger partial charge on any atom is 0.223 e. The van der Waals surface area contributed by atoms with Crippen LogP contribution in [0.25, 0.3) is 16.5 Å². The van der Waals surface area contributed by atoms with Gasteiger partial charge in [-0.15, -0.1) is 0 Å². The molecule has 0 saturated heterocycles. The van der Waals surface area contributed by atoms with E-state index in [-0.39, 0.29) is 11.4 Å². The monoisotopic (exact) mass is 300 g/mol. The Labute approximate surface area is 129 Å². The third kappa shape index (κ3) is 2.66. The zero-order valence-corrected chi connectivity index (χ0v) is 12.7. The minimum absolute atomic E-state index is 0.0985. The highest BCUT2D eigenvalue weighted by molar-refractivity contribution is 6.22. The maximum atomic E-state index is 11.8. The number of benzene rings is 1. The number of para-hydroxylation sites is 1. The molecule has 0 radical (unpaired) electrons. The summed E-state index contributed by atoms with van der Waals surface area (Å²) in [5, 5.41) is 1.12. The lowest BCUT2D eigenvalue weighted by molar-refractivity contribution is -0.131. The molecule has 1 aliphatic rings. The molecule has 4 heteroatoms. The predicted molar refractivity (Wildman–Crippen MR) is 86.0 cm³/mol. The zero-order chi connectivity index (χ0) is 14.8. The Morgan fingerprint density at radius 3 is 2.95 bits per heavy atom. The highest BCUT2D eigenvalue weighted by atomic mass is 35.5. The quantitative estimate of drug-likeness (QED) is 0.624. The molecule has 3 nitrogen and oxygen atoms in total. The van der Waals surface area contributed by atoms with Crippen LogP contribution in [0.2, 0.25) is 0 Å². The van der Waals surface area contributed by atoms with Crippen LogP contribution in [0.4, 0.5) is 0 Å². The van der Waals surface area contributed by atoms with E-state index >= 15 is 0 Å². The number of fused-ring (bicyclic) bond motifs is 1. The van der Waals surface area contributed by atoms with Gasteiger partial charge >= 0.3 is 0 Å². The highest BCUT2D eigenvalue weighted by Gasteiger charge is 2.25. The SMILES string of the molecule is CCC(=O)N1CC=C(c2cccc3cccnc23)CC1Cl. The van der Waals surface area contributed by atoms with E-state index in [0.29, 0.717) is 19.4 Å². The van der Waals surface area contributed by atoms with Gasteiger partial charge in [0, 0.05) is 36.5 Å². The summed E-state index contributed by atoms with van der Waals surface area (Å²) < 4.78 is 0. The van der Waals surface area contributed by atoms with Crippen molar-refractivity contribution in [1.82, 2.24) is 9.88 Å². The molecule has 0 bridgehead atoms. The van der Waals surface area contributed by atoms with Crippen LogP contribution in [0.15, 0.2) is 42.6 Å². The first kappa shape index (κ1) is 14.1. The standard InChI is InChI=1S/C17H17ClN2O/c1-2-16(21)20-10-8-13(11-15(20)18)14-7-3-5-12-6-4-9-19-17(12)14/h3-9,15H,2,10-11H2,1H3. The van der Waals surface area contributed by atoms with Crippen LogP contribution >= 0.6 is 11.6 Å². The van der Waals surface area contributed by atoms with Crippen LogP contribution in [0.1, 0.15) is 25.3 Å². The summed E-state index contributed by atoms with van der Waals surface area (Å²) >= 11 is 6.40. The van der Waals surface area contributed by atoms with Gasteiger partial charge in [0.1, 0.15) is 5.50 Å². The number of halogens is 1. The highest BCUT2D eigenvalue weighted by Crippen LogP contribution is 2.32. The van der Waals surface area contributed by atoms with E-state index in [4.69, 9.17) is 11.6 Å². The van der Waals surface area contributed by atoms with Gasteiger partial charge in [-0.1, -0.05) is 48.9 Å². The fourth-order valence-corrected chi connectivity index (χ4v) is 3.10. The molecule has 2 heterocycles. The first-order chi connectivity index (χ1) is 10.2. The van der Waals surface area contributed by atoms with Crippen LogP contribution in [-0.4, -0.2) is 27.8 Å². The number of amides is 1. The first-order valence-electron chi connectivity index (χ1n) is 7.17. The summed E-state index contributed by atoms with van der Waals surface area (Å²) in [6.45, 7) is 2.43. The number of hydrogen-bond donors (Lipinski definition) is 0. The topological polar surface area (TPSA) is 33.2 Å². The molecule has 3 rings (SSSR count). The van der Waals surface area contributed by atoms with Crippen LogP contribution < -0.4 is 0 Å². The summed E-state index contributed by atoms with van der Waals surface area (Å²) in [5.74, 6) is 0.0985. The van der Waals surface area contributed by atoms with Crippen molar-refractivity contribution in [2.75, 3.05) is 6.54 Å². The second-order valence-corrected chi connectivity index (χ2v) is 5.65. The van der Waals surface area contributed by atoms with Gasteiger partial charge in [-0.05, 0) is 11.6 Å². The minimum atomic E-state index is -0.281. The van der Waals surface area contributed by atoms with Crippen LogP contribution in [0.3, 0.4) is 0 Å². The van der Waals surface area contributed by atoms with Gasteiger partial charge < -0.3 is 4.90 Å². The molecule has 1 unspecified atom stereocenters. The molecule has 1 aliphatic heterocycles. The molecule has 108 valence electrons. The van der Waals surface area contributed by atoms with Crippen LogP contribution in [0.5, 0.6) is 0 Å². The molecule has 1 amide bonds. The zero-order valence-electron chi connectivity index (χ0n) is 11.9. The van der Waals surface area contributed by atoms with Gasteiger partial charge in [0.2, 0.25) is 5.91 Å². The average molecular weight is 301 g/mol. The smallest absolute Gasteiger partial charge is 0.223 e. The molecule has 0 fully saturated rings. The number of rotatable bonds is 2. The van der Waals surface area contributed by atoms with Crippen LogP contribution in [-0.2, 0) is 4.79 Å². The fraction of sp³-hybridized carbons (Fsp3) is 0.294. The van der Waals surface area contributed by atoms with E-state index in [2.05, 4.69) is 29.3 Å². The number of hydrogen-bond acceptors (Lipinski definition) is 2. The first-order valence-corrected chi connectivity index (χ1v) is 7.61. The van der Waals surface area contributed by atoms with E-state index in [1.54, 1.807) is 11.1 Å². The minimum Gasteiger partial charge on any atom is -0.322 e. The lowest BCUT2D eigenvalue weighted by Gasteiger charge is -2.31. The van der Waals surface area contributed by atoms with E-state index < -0.39 is 0 Å². The third-order valence-electron chi connectivity index (χ3n) is 3.86. The lowest BCUT2D eigenvalue weighted by atomic mass is 9.96. The largest absolute Gasteiger partial charge is 0.322 e. The van der Waals surface area contributed by atoms with Gasteiger partial charge in [0.25, 0.3) is 0 Å². The molecule has 1 atom stereocenters. The van der Waals surface area contributed by atoms with Gasteiger partial charge in [-0.25, -0.2) is 0 Å². The van der Waals surface area contributed by atoms with Crippen molar-refractivity contribution in [3.8, 4) is 0 Å². The van der Waals surface area contributed by atoms with Crippen molar-refractivity contribution < 1.29 is 4.79 Å². The Bertz CT molecular complexity index is 706. The molecule has 0 aliphatic carbocycles. The molecule has 21 heavy (non-hydrogen) atoms. The van der Waals surface area contributed by atoms with E-state index in [1.165, 1.54) is 5.57 Å². The molecule has 1 aromatic heterocycles. The van der Waals surface area contributed by atoms with Crippen molar-refractivity contribution >= 4 is 34.0 Å². The lowest BCUT2D eigenvalue weighted by Crippen LogP contribution is -2.39. The summed E-state index contributed by atoms with van der Waals surface area (Å²) in [6, 6.07) is 10.2. The van der Waals surface area contributed by atoms with Crippen molar-refractivity contribution in [2.24, 2.45) is 0 Å². The number of alkyl halides is 1. The fourth-order valence-electron chi connectivity index (χ4n) is 2.74. The molecule has 0 spiro atoms. The second-order valence-electron chi connectivity index (χ2n) is 5.15. The summed E-state index contributed by atoms with van der Waals surface area (Å²) in [7, 11) is 0. The average Bonchev–Trinajstić information content (AvgIpc) is 2.53. The molecule has 0 N–H and O–H groups in total. The van der Waals surface area contributed by atoms with Gasteiger partial charge in [0.15, 0.2) is 0 Å². The normalized spacial score (nSPS) is 18.7. The molecular weight excluding hydrogens is 284 g/mol. The Kier molecular flexibility index (Phi) is 3.93. The number of nitrogens with zero attached hydrogens (tertiary/aromatic N) is 2. The number of carbonyl (C=O) groups excluding carboxylic acids is 1. The Morgan fingerprint density at radius 2 is 2.19 bits per heavy atom. The van der Waals surface area contributed by atoms with Crippen molar-refractivity contribution in [2.45, 2.75) is 25.3 Å². The number of carbonyl (C=O) groups is 1. The van der Waals surface area contributed by atoms with E-state index in [1.807, 2.05) is 19.1 Å². The Morgan fingerprint density at radius 1 is 1.38 bits per heavy atom. The summed E-state index contributed by atoms with van der Waals surface area (Å²) in [6.07, 6.45) is 5.04. The third-order valence-corrected chi connectivity index (χ3v) is 4.25. The summed E-state index contributed by atoms with van der Waals surface area (Å²) in [5.41, 5.74) is 2.99. The van der Waals surface area contributed by atoms with Gasteiger partial charge in [0.05, 0.1) is 5.52 Å². The van der Waals surface area contributed by atoms with Crippen molar-refractivity contribution in [3.05, 3.63) is 48.2 Å². The van der Waals surface area contributed by atoms with E-state index in [9.17, 15) is 4.79 Å². The molecule has 0 saturated carbocycles. The molecular formula is C17H17ClN2O. The van der Waals surface area contributed by atoms with Crippen LogP contribution in [0, 0.1) is 0 Å².